The van der Waals surface area contributed by atoms with Crippen LogP contribution in [0.4, 0.5) is 57.1 Å². The topological polar surface area (TPSA) is 405 Å². The molecule has 0 saturated carbocycles. The highest BCUT2D eigenvalue weighted by Gasteiger charge is 2.24. The number of hydrogen-bond acceptors (Lipinski definition) is 31. The third-order valence-electron chi connectivity index (χ3n) is 15.8. The lowest BCUT2D eigenvalue weighted by atomic mass is 10.1. The maximum absolute atomic E-state index is 13.4. The smallest absolute Gasteiger partial charge is 0.224 e. The number of pyridine rings is 1. The lowest BCUT2D eigenvalue weighted by molar-refractivity contribution is 0.122. The standard InChI is InChI=1S/C18H21N7O.C17H17FN6O.C15H15N7O.C13H14N8O/c1-24(2)13-5-3-12(4-6-13)14-11-20-16-15(21-14)17(23-18(19)22-16)25-7-9-26-10-8-25;1-10-8-11(18)2-3-12(10)13-9-20-15-14(21-13)16(23-17(19)22-15)24-4-6-25-7-5-24;16-15-20-13-12(14(21-15)22-5-7-23-8-6-22)19-11(9-18-13)10-1-3-17-4-2-10;14-13-19-11-10(12(20-13)21-1-3-22-4-2-21)18-9(7-15-11)8-5-16-17-6-8/h3-6,11H,7-10H2,1-2H3,(H2,19,20,22,23);2-3,8-9H,4-7H2,1H3,(H2,19,20,22,23);1-4,9H,5-8H2,(H2,16,18,20,21);5-7H,1-4H2,(H,16,17)(H2,14,15,19,20). The van der Waals surface area contributed by atoms with Crippen LogP contribution in [-0.2, 0) is 18.9 Å². The third-order valence-corrected chi connectivity index (χ3v) is 15.8. The Hall–Kier alpha value is -11.6. The van der Waals surface area contributed by atoms with Crippen molar-refractivity contribution in [1.29, 1.82) is 0 Å². The van der Waals surface area contributed by atoms with E-state index in [9.17, 15) is 4.39 Å². The lowest BCUT2D eigenvalue weighted by Gasteiger charge is -2.28. The molecule has 2 aromatic carbocycles. The number of nitrogens with two attached hydrogens (primary N) is 4. The van der Waals surface area contributed by atoms with Gasteiger partial charge in [0.15, 0.2) is 67.9 Å². The molecule has 0 unspecified atom stereocenters. The second-order valence-corrected chi connectivity index (χ2v) is 22.4. The molecule has 33 heteroatoms. The second kappa shape index (κ2) is 28.8. The molecule has 9 N–H and O–H groups in total. The minimum atomic E-state index is -0.278. The van der Waals surface area contributed by atoms with Gasteiger partial charge in [-0.05, 0) is 55.0 Å². The molecule has 0 bridgehead atoms. The van der Waals surface area contributed by atoms with Crippen molar-refractivity contribution in [2.45, 2.75) is 6.92 Å². The first kappa shape index (κ1) is 63.2. The summed E-state index contributed by atoms with van der Waals surface area (Å²) in [6.45, 7) is 12.9. The molecule has 14 heterocycles. The van der Waals surface area contributed by atoms with Crippen LogP contribution in [0.1, 0.15) is 5.56 Å². The predicted octanol–water partition coefficient (Wildman–Crippen LogP) is 4.65. The maximum atomic E-state index is 13.4. The Morgan fingerprint density at radius 1 is 0.417 bits per heavy atom. The first-order valence-electron chi connectivity index (χ1n) is 30.8. The third kappa shape index (κ3) is 14.5. The maximum Gasteiger partial charge on any atom is 0.224 e. The fourth-order valence-corrected chi connectivity index (χ4v) is 10.9. The lowest BCUT2D eigenvalue weighted by Crippen LogP contribution is -2.37. The number of aryl methyl sites for hydroxylation is 1. The number of fused-ring (bicyclic) bond motifs is 4. The number of morpholine rings is 4. The van der Waals surface area contributed by atoms with Crippen LogP contribution in [-0.4, -0.2) is 214 Å². The molecule has 0 radical (unpaired) electrons. The molecule has 12 aromatic rings. The summed E-state index contributed by atoms with van der Waals surface area (Å²) in [4.78, 5) is 85.3. The van der Waals surface area contributed by atoms with E-state index in [0.717, 1.165) is 90.0 Å². The van der Waals surface area contributed by atoms with Crippen molar-refractivity contribution >= 4 is 97.4 Å². The average molecular weight is 1300 g/mol. The Balaban J connectivity index is 0.000000116. The number of anilines is 9. The van der Waals surface area contributed by atoms with Gasteiger partial charge in [0.25, 0.3) is 0 Å². The van der Waals surface area contributed by atoms with E-state index in [1.165, 1.54) is 12.1 Å². The van der Waals surface area contributed by atoms with Crippen LogP contribution in [0.25, 0.3) is 89.7 Å². The van der Waals surface area contributed by atoms with Crippen LogP contribution in [0.5, 0.6) is 0 Å². The van der Waals surface area contributed by atoms with Crippen LogP contribution in [0, 0.1) is 12.7 Å². The molecule has 96 heavy (non-hydrogen) atoms. The highest BCUT2D eigenvalue weighted by Crippen LogP contribution is 2.32. The average Bonchev–Trinajstić information content (AvgIpc) is 0.978. The van der Waals surface area contributed by atoms with E-state index in [2.05, 4.69) is 117 Å². The highest BCUT2D eigenvalue weighted by atomic mass is 19.1. The molecule has 4 aliphatic heterocycles. The van der Waals surface area contributed by atoms with Crippen LogP contribution >= 0.6 is 0 Å². The van der Waals surface area contributed by atoms with Gasteiger partial charge in [-0.1, -0.05) is 12.1 Å². The largest absolute Gasteiger partial charge is 0.378 e. The number of nitrogens with zero attached hydrogens (tertiary/aromatic N) is 23. The molecule has 32 nitrogen and oxygen atoms in total. The van der Waals surface area contributed by atoms with Gasteiger partial charge in [0.1, 0.15) is 5.82 Å². The summed E-state index contributed by atoms with van der Waals surface area (Å²) < 4.78 is 35.0. The van der Waals surface area contributed by atoms with Crippen molar-refractivity contribution in [2.75, 3.05) is 167 Å². The van der Waals surface area contributed by atoms with E-state index >= 15 is 0 Å². The van der Waals surface area contributed by atoms with E-state index in [1.807, 2.05) is 45.3 Å². The number of ether oxygens (including phenoxy) is 4. The fourth-order valence-electron chi connectivity index (χ4n) is 10.9. The number of aromatic amines is 1. The van der Waals surface area contributed by atoms with Gasteiger partial charge in [-0.3, -0.25) is 10.1 Å². The monoisotopic (exact) mass is 1300 g/mol. The summed E-state index contributed by atoms with van der Waals surface area (Å²) >= 11 is 0. The SMILES string of the molecule is CN(C)c1ccc(-c2cnc3nc(N)nc(N4CCOCC4)c3n2)cc1.Cc1cc(F)ccc1-c1cnc2nc(N)nc(N3CCOCC3)c2n1.Nc1nc(N2CCOCC2)c2nc(-c3ccncc3)cnc2n1.Nc1nc(N2CCOCC2)c2nc(-c3cn[nH]c3)cnc2n1. The Morgan fingerprint density at radius 2 is 0.771 bits per heavy atom. The molecule has 4 aliphatic rings. The van der Waals surface area contributed by atoms with E-state index < -0.39 is 0 Å². The molecule has 4 saturated heterocycles. The number of hydrogen-bond donors (Lipinski definition) is 5. The van der Waals surface area contributed by atoms with E-state index in [4.69, 9.17) is 56.8 Å². The van der Waals surface area contributed by atoms with E-state index in [1.54, 1.807) is 55.6 Å². The van der Waals surface area contributed by atoms with Crippen molar-refractivity contribution < 1.29 is 23.3 Å². The molecule has 10 aromatic heterocycles. The summed E-state index contributed by atoms with van der Waals surface area (Å²) in [6, 6.07) is 16.6. The Morgan fingerprint density at radius 3 is 1.12 bits per heavy atom. The Bertz CT molecular complexity index is 4670. The quantitative estimate of drug-likeness (QED) is 0.131. The van der Waals surface area contributed by atoms with Crippen molar-refractivity contribution in [3.63, 3.8) is 0 Å². The molecule has 16 rings (SSSR count). The zero-order valence-corrected chi connectivity index (χ0v) is 52.7. The fraction of sp³-hybridized carbons (Fsp3) is 0.302. The summed E-state index contributed by atoms with van der Waals surface area (Å²) in [5.41, 5.74) is 36.2. The van der Waals surface area contributed by atoms with Crippen molar-refractivity contribution in [1.82, 2.24) is 94.9 Å². The Labute approximate surface area is 547 Å². The molecule has 0 aliphatic carbocycles. The molecule has 490 valence electrons. The van der Waals surface area contributed by atoms with E-state index in [0.29, 0.717) is 139 Å². The predicted molar refractivity (Wildman–Crippen MR) is 361 cm³/mol. The molecule has 4 fully saturated rings. The van der Waals surface area contributed by atoms with Crippen molar-refractivity contribution in [3.05, 3.63) is 116 Å². The number of rotatable bonds is 9. The summed E-state index contributed by atoms with van der Waals surface area (Å²) in [6.07, 6.45) is 13.6. The minimum Gasteiger partial charge on any atom is -0.378 e. The van der Waals surface area contributed by atoms with Crippen LogP contribution < -0.4 is 47.4 Å². The van der Waals surface area contributed by atoms with Crippen LogP contribution in [0.2, 0.25) is 0 Å². The number of nitrogen functional groups attached to an aromatic ring is 4. The molecule has 0 amide bonds. The minimum absolute atomic E-state index is 0.161. The van der Waals surface area contributed by atoms with Gasteiger partial charge in [0.2, 0.25) is 23.8 Å². The first-order valence-corrected chi connectivity index (χ1v) is 30.8. The van der Waals surface area contributed by atoms with Gasteiger partial charge in [-0.2, -0.15) is 45.0 Å². The summed E-state index contributed by atoms with van der Waals surface area (Å²) in [5.74, 6) is 3.26. The zero-order valence-electron chi connectivity index (χ0n) is 52.7. The molecule has 0 spiro atoms. The summed E-state index contributed by atoms with van der Waals surface area (Å²) in [5, 5.41) is 6.70. The number of H-pyrrole nitrogens is 1. The van der Waals surface area contributed by atoms with Gasteiger partial charge in [0.05, 0.1) is 107 Å². The first-order chi connectivity index (χ1) is 46.8. The number of benzene rings is 2. The molecular weight excluding hydrogens is 1230 g/mol. The van der Waals surface area contributed by atoms with Crippen molar-refractivity contribution in [3.8, 4) is 45.0 Å². The number of aromatic nitrogens is 19. The van der Waals surface area contributed by atoms with Crippen LogP contribution in [0.15, 0.2) is 104 Å². The van der Waals surface area contributed by atoms with E-state index in [-0.39, 0.29) is 29.6 Å². The van der Waals surface area contributed by atoms with Gasteiger partial charge in [-0.15, -0.1) is 0 Å². The van der Waals surface area contributed by atoms with Gasteiger partial charge >= 0.3 is 0 Å². The second-order valence-electron chi connectivity index (χ2n) is 22.4. The van der Waals surface area contributed by atoms with Crippen LogP contribution in [0.3, 0.4) is 0 Å². The normalized spacial score (nSPS) is 15.0. The number of nitrogens with one attached hydrogen (secondary N) is 1. The zero-order chi connectivity index (χ0) is 66.1. The molecule has 0 atom stereocenters. The Kier molecular flexibility index (Phi) is 18.9. The van der Waals surface area contributed by atoms with Gasteiger partial charge in [0, 0.05) is 113 Å². The van der Waals surface area contributed by atoms with Gasteiger partial charge in [-0.25, -0.2) is 44.3 Å². The highest BCUT2D eigenvalue weighted by molar-refractivity contribution is 5.89. The van der Waals surface area contributed by atoms with Gasteiger partial charge < -0.3 is 66.4 Å². The van der Waals surface area contributed by atoms with Crippen molar-refractivity contribution in [2.24, 2.45) is 0 Å². The number of halogens is 1. The summed E-state index contributed by atoms with van der Waals surface area (Å²) in [7, 11) is 4.03. The molecular formula is C63H67FN28O4.